The Morgan fingerprint density at radius 1 is 1.39 bits per heavy atom. The summed E-state index contributed by atoms with van der Waals surface area (Å²) in [5.41, 5.74) is 0.120. The van der Waals surface area contributed by atoms with Crippen molar-refractivity contribution >= 4 is 11.6 Å². The van der Waals surface area contributed by atoms with Gasteiger partial charge in [0.25, 0.3) is 0 Å². The molecule has 1 unspecified atom stereocenters. The van der Waals surface area contributed by atoms with Gasteiger partial charge in [0, 0.05) is 30.8 Å². The standard InChI is InChI=1S/C12H14F2N2O2/c13-8-3-9(14)5-10(4-8)16-12(17)6-11-7-18-2-1-15-11/h3-5,11,15H,1-2,6-7H2,(H,16,17). The van der Waals surface area contributed by atoms with E-state index in [1.807, 2.05) is 0 Å². The third-order valence-electron chi connectivity index (χ3n) is 2.58. The van der Waals surface area contributed by atoms with Crippen molar-refractivity contribution in [1.82, 2.24) is 5.32 Å². The Labute approximate surface area is 103 Å². The van der Waals surface area contributed by atoms with E-state index in [1.54, 1.807) is 0 Å². The van der Waals surface area contributed by atoms with Crippen LogP contribution in [-0.4, -0.2) is 31.7 Å². The second-order valence-electron chi connectivity index (χ2n) is 4.14. The summed E-state index contributed by atoms with van der Waals surface area (Å²) >= 11 is 0. The number of carbonyl (C=O) groups excluding carboxylic acids is 1. The van der Waals surface area contributed by atoms with E-state index in [0.717, 1.165) is 18.2 Å². The molecule has 1 aromatic rings. The van der Waals surface area contributed by atoms with Crippen molar-refractivity contribution in [3.05, 3.63) is 29.8 Å². The van der Waals surface area contributed by atoms with Crippen molar-refractivity contribution < 1.29 is 18.3 Å². The van der Waals surface area contributed by atoms with Gasteiger partial charge in [-0.3, -0.25) is 4.79 Å². The summed E-state index contributed by atoms with van der Waals surface area (Å²) in [7, 11) is 0. The monoisotopic (exact) mass is 256 g/mol. The van der Waals surface area contributed by atoms with Gasteiger partial charge in [-0.15, -0.1) is 0 Å². The average molecular weight is 256 g/mol. The first-order chi connectivity index (χ1) is 8.63. The molecule has 1 fully saturated rings. The van der Waals surface area contributed by atoms with Gasteiger partial charge in [-0.25, -0.2) is 8.78 Å². The average Bonchev–Trinajstić information content (AvgIpc) is 2.28. The lowest BCUT2D eigenvalue weighted by Crippen LogP contribution is -2.43. The number of anilines is 1. The van der Waals surface area contributed by atoms with Gasteiger partial charge < -0.3 is 15.4 Å². The summed E-state index contributed by atoms with van der Waals surface area (Å²) in [5.74, 6) is -1.74. The van der Waals surface area contributed by atoms with E-state index in [4.69, 9.17) is 4.74 Å². The first kappa shape index (κ1) is 12.9. The van der Waals surface area contributed by atoms with Crippen LogP contribution >= 0.6 is 0 Å². The maximum atomic E-state index is 12.9. The maximum Gasteiger partial charge on any atom is 0.226 e. The van der Waals surface area contributed by atoms with E-state index >= 15 is 0 Å². The van der Waals surface area contributed by atoms with E-state index < -0.39 is 11.6 Å². The molecule has 4 nitrogen and oxygen atoms in total. The third-order valence-corrected chi connectivity index (χ3v) is 2.58. The number of rotatable bonds is 3. The van der Waals surface area contributed by atoms with Crippen molar-refractivity contribution in [2.45, 2.75) is 12.5 Å². The number of carbonyl (C=O) groups is 1. The van der Waals surface area contributed by atoms with Crippen molar-refractivity contribution in [3.8, 4) is 0 Å². The minimum Gasteiger partial charge on any atom is -0.378 e. The molecule has 1 aliphatic heterocycles. The van der Waals surface area contributed by atoms with E-state index in [9.17, 15) is 13.6 Å². The van der Waals surface area contributed by atoms with E-state index in [2.05, 4.69) is 10.6 Å². The van der Waals surface area contributed by atoms with Gasteiger partial charge >= 0.3 is 0 Å². The summed E-state index contributed by atoms with van der Waals surface area (Å²) in [6.45, 7) is 1.80. The lowest BCUT2D eigenvalue weighted by atomic mass is 10.2. The second kappa shape index (κ2) is 5.88. The van der Waals surface area contributed by atoms with Gasteiger partial charge in [0.2, 0.25) is 5.91 Å². The fourth-order valence-corrected chi connectivity index (χ4v) is 1.81. The number of benzene rings is 1. The van der Waals surface area contributed by atoms with Gasteiger partial charge in [0.05, 0.1) is 13.2 Å². The van der Waals surface area contributed by atoms with Crippen LogP contribution in [0, 0.1) is 11.6 Å². The van der Waals surface area contributed by atoms with Crippen molar-refractivity contribution in [3.63, 3.8) is 0 Å². The second-order valence-corrected chi connectivity index (χ2v) is 4.14. The van der Waals surface area contributed by atoms with Gasteiger partial charge in [0.15, 0.2) is 0 Å². The summed E-state index contributed by atoms with van der Waals surface area (Å²) < 4.78 is 31.0. The molecular weight excluding hydrogens is 242 g/mol. The molecule has 1 aliphatic rings. The Hall–Kier alpha value is -1.53. The van der Waals surface area contributed by atoms with Crippen LogP contribution in [0.3, 0.4) is 0 Å². The molecule has 2 rings (SSSR count). The van der Waals surface area contributed by atoms with Crippen LogP contribution in [0.5, 0.6) is 0 Å². The quantitative estimate of drug-likeness (QED) is 0.856. The highest BCUT2D eigenvalue weighted by atomic mass is 19.1. The molecule has 0 spiro atoms. The van der Waals surface area contributed by atoms with Crippen molar-refractivity contribution in [1.29, 1.82) is 0 Å². The Bertz CT molecular complexity index is 414. The van der Waals surface area contributed by atoms with Crippen LogP contribution in [0.1, 0.15) is 6.42 Å². The molecule has 1 heterocycles. The topological polar surface area (TPSA) is 50.4 Å². The minimum absolute atomic E-state index is 0.0582. The van der Waals surface area contributed by atoms with Crippen LogP contribution < -0.4 is 10.6 Å². The fraction of sp³-hybridized carbons (Fsp3) is 0.417. The number of halogens is 2. The number of hydrogen-bond donors (Lipinski definition) is 2. The van der Waals surface area contributed by atoms with Crippen LogP contribution in [-0.2, 0) is 9.53 Å². The molecule has 0 saturated carbocycles. The van der Waals surface area contributed by atoms with Crippen LogP contribution in [0.2, 0.25) is 0 Å². The molecule has 6 heteroatoms. The molecule has 0 radical (unpaired) electrons. The zero-order valence-corrected chi connectivity index (χ0v) is 9.71. The number of amides is 1. The molecule has 1 saturated heterocycles. The van der Waals surface area contributed by atoms with Crippen molar-refractivity contribution in [2.75, 3.05) is 25.1 Å². The predicted octanol–water partition coefficient (Wildman–Crippen LogP) is 1.28. The zero-order chi connectivity index (χ0) is 13.0. The molecule has 2 N–H and O–H groups in total. The molecule has 0 aliphatic carbocycles. The Morgan fingerprint density at radius 2 is 2.11 bits per heavy atom. The fourth-order valence-electron chi connectivity index (χ4n) is 1.81. The normalized spacial score (nSPS) is 19.6. The molecule has 1 amide bonds. The predicted molar refractivity (Wildman–Crippen MR) is 62.2 cm³/mol. The SMILES string of the molecule is O=C(CC1COCCN1)Nc1cc(F)cc(F)c1. The van der Waals surface area contributed by atoms with Gasteiger partial charge in [0.1, 0.15) is 11.6 Å². The Kier molecular flexibility index (Phi) is 4.22. The van der Waals surface area contributed by atoms with E-state index in [0.29, 0.717) is 19.8 Å². The molecular formula is C12H14F2N2O2. The summed E-state index contributed by atoms with van der Waals surface area (Å²) in [5, 5.41) is 5.58. The molecule has 0 aromatic heterocycles. The Morgan fingerprint density at radius 3 is 2.72 bits per heavy atom. The number of nitrogens with one attached hydrogen (secondary N) is 2. The molecule has 1 aromatic carbocycles. The van der Waals surface area contributed by atoms with E-state index in [-0.39, 0.29) is 24.1 Å². The molecule has 1 atom stereocenters. The first-order valence-corrected chi connectivity index (χ1v) is 5.70. The van der Waals surface area contributed by atoms with E-state index in [1.165, 1.54) is 0 Å². The van der Waals surface area contributed by atoms with Crippen molar-refractivity contribution in [2.24, 2.45) is 0 Å². The molecule has 98 valence electrons. The van der Waals surface area contributed by atoms with Crippen LogP contribution in [0.25, 0.3) is 0 Å². The molecule has 18 heavy (non-hydrogen) atoms. The number of hydrogen-bond acceptors (Lipinski definition) is 3. The molecule has 0 bridgehead atoms. The minimum atomic E-state index is -0.718. The van der Waals surface area contributed by atoms with Gasteiger partial charge in [-0.05, 0) is 12.1 Å². The zero-order valence-electron chi connectivity index (χ0n) is 9.71. The lowest BCUT2D eigenvalue weighted by molar-refractivity contribution is -0.117. The maximum absolute atomic E-state index is 12.9. The highest BCUT2D eigenvalue weighted by Crippen LogP contribution is 2.13. The largest absolute Gasteiger partial charge is 0.378 e. The van der Waals surface area contributed by atoms with Gasteiger partial charge in [-0.2, -0.15) is 0 Å². The number of morpholine rings is 1. The third kappa shape index (κ3) is 3.75. The van der Waals surface area contributed by atoms with Gasteiger partial charge in [-0.1, -0.05) is 0 Å². The first-order valence-electron chi connectivity index (χ1n) is 5.70. The number of ether oxygens (including phenoxy) is 1. The highest BCUT2D eigenvalue weighted by Gasteiger charge is 2.17. The van der Waals surface area contributed by atoms with Crippen LogP contribution in [0.4, 0.5) is 14.5 Å². The Balaban J connectivity index is 1.89. The lowest BCUT2D eigenvalue weighted by Gasteiger charge is -2.23. The summed E-state index contributed by atoms with van der Waals surface area (Å²) in [6, 6.07) is 2.85. The smallest absolute Gasteiger partial charge is 0.226 e. The highest BCUT2D eigenvalue weighted by molar-refractivity contribution is 5.91. The summed E-state index contributed by atoms with van der Waals surface area (Å²) in [4.78, 5) is 11.7. The van der Waals surface area contributed by atoms with Crippen LogP contribution in [0.15, 0.2) is 18.2 Å². The summed E-state index contributed by atoms with van der Waals surface area (Å²) in [6.07, 6.45) is 0.206.